The molecular formula is C58H132F10. The molecular weight excluding hydrogens is 887 g/mol. The zero-order valence-electron chi connectivity index (χ0n) is 51.8. The van der Waals surface area contributed by atoms with Crippen LogP contribution >= 0.6 is 0 Å². The topological polar surface area (TPSA) is 0 Å². The van der Waals surface area contributed by atoms with Crippen LogP contribution in [0.3, 0.4) is 0 Å². The molecule has 0 bridgehead atoms. The first kappa shape index (κ1) is 100. The molecule has 0 aliphatic carbocycles. The van der Waals surface area contributed by atoms with Crippen LogP contribution in [0.2, 0.25) is 0 Å². The molecule has 1 atom stereocenters. The third-order valence-electron chi connectivity index (χ3n) is 6.37. The van der Waals surface area contributed by atoms with Crippen molar-refractivity contribution in [3.05, 3.63) is 0 Å². The van der Waals surface area contributed by atoms with Gasteiger partial charge in [-0.25, -0.2) is 30.7 Å². The Morgan fingerprint density at radius 3 is 0.500 bits per heavy atom. The number of halogens is 10. The van der Waals surface area contributed by atoms with Gasteiger partial charge < -0.3 is 0 Å². The van der Waals surface area contributed by atoms with Crippen molar-refractivity contribution < 1.29 is 43.9 Å². The number of alkyl halides is 10. The van der Waals surface area contributed by atoms with Gasteiger partial charge in [0.2, 0.25) is 17.8 Å². The first-order valence-corrected chi connectivity index (χ1v) is 27.6. The van der Waals surface area contributed by atoms with E-state index in [1.54, 1.807) is 20.8 Å². The molecule has 0 aromatic heterocycles. The summed E-state index contributed by atoms with van der Waals surface area (Å²) >= 11 is 0. The Hall–Kier alpha value is -0.700. The summed E-state index contributed by atoms with van der Waals surface area (Å²) in [5.41, 5.74) is 0. The maximum absolute atomic E-state index is 11.9. The second-order valence-corrected chi connectivity index (χ2v) is 19.4. The van der Waals surface area contributed by atoms with Crippen molar-refractivity contribution in [1.29, 1.82) is 0 Å². The lowest BCUT2D eigenvalue weighted by atomic mass is 10.2. The molecule has 1 unspecified atom stereocenters. The minimum Gasteiger partial charge on any atom is -0.248 e. The number of hydrogen-bond acceptors (Lipinski definition) is 0. The van der Waals surface area contributed by atoms with Crippen LogP contribution < -0.4 is 0 Å². The predicted octanol–water partition coefficient (Wildman–Crippen LogP) is 26.5. The standard InChI is InChI=1S/3C5H10F2.C5H11F.3C5H12.C4H7F3.4C4H10.C3H8/c2*1-3-4-5(2,6)7;1-3-5(6,7)4-2;1-3-4-5(2)6;3*1-3-5-4-2;1-3(2)4(5,6)7;3*1-4(2)3;1-3-4-2;1-3-2/h3*3-4H2,1-2H3;5H,3-4H2,1-2H3;3*3-5H2,1-2H3;3H,1-2H3;3*4H,1-3H3;3-4H2,1-2H3;3H2,1-2H3. The highest BCUT2D eigenvalue weighted by atomic mass is 19.4. The fourth-order valence-corrected chi connectivity index (χ4v) is 2.59. The molecule has 0 rings (SSSR count). The van der Waals surface area contributed by atoms with Gasteiger partial charge in [0.1, 0.15) is 0 Å². The average Bonchev–Trinajstić information content (AvgIpc) is 3.16. The van der Waals surface area contributed by atoms with Crippen molar-refractivity contribution in [3.63, 3.8) is 0 Å². The Morgan fingerprint density at radius 2 is 0.500 bits per heavy atom. The lowest BCUT2D eigenvalue weighted by molar-refractivity contribution is -0.164. The van der Waals surface area contributed by atoms with Crippen molar-refractivity contribution in [3.8, 4) is 0 Å². The molecule has 0 saturated heterocycles. The molecule has 0 radical (unpaired) electrons. The minimum absolute atomic E-state index is 0.00694. The van der Waals surface area contributed by atoms with E-state index in [1.807, 2.05) is 6.92 Å². The summed E-state index contributed by atoms with van der Waals surface area (Å²) in [6.07, 6.45) is 14.2. The molecule has 0 N–H and O–H groups in total. The first-order chi connectivity index (χ1) is 30.7. The Bertz CT molecular complexity index is 623. The van der Waals surface area contributed by atoms with E-state index in [0.29, 0.717) is 19.3 Å². The summed E-state index contributed by atoms with van der Waals surface area (Å²) in [6, 6.07) is 0. The van der Waals surface area contributed by atoms with Crippen LogP contribution in [-0.4, -0.2) is 30.1 Å². The van der Waals surface area contributed by atoms with E-state index < -0.39 is 36.0 Å². The molecule has 434 valence electrons. The summed E-state index contributed by atoms with van der Waals surface area (Å²) in [6.45, 7) is 55.6. The fourth-order valence-electron chi connectivity index (χ4n) is 2.59. The zero-order valence-corrected chi connectivity index (χ0v) is 51.8. The van der Waals surface area contributed by atoms with Crippen LogP contribution in [0.5, 0.6) is 0 Å². The molecule has 0 amide bonds. The Kier molecular flexibility index (Phi) is 123. The third kappa shape index (κ3) is 314. The van der Waals surface area contributed by atoms with E-state index in [9.17, 15) is 43.9 Å². The van der Waals surface area contributed by atoms with Crippen molar-refractivity contribution >= 4 is 0 Å². The monoisotopic (exact) mass is 1020 g/mol. The van der Waals surface area contributed by atoms with Gasteiger partial charge in [0.05, 0.1) is 6.17 Å². The SMILES string of the molecule is CC(C)C.CC(C)C.CC(C)C.CC(C)C(F)(F)F.CCC.CCC(F)(F)CC.CCCC.CCCC(C)(F)F.CCCC(C)(F)F.CCCC(C)F.CCCCC.CCCCC.CCCCC. The van der Waals surface area contributed by atoms with Gasteiger partial charge in [-0.15, -0.1) is 0 Å². The Labute approximate surface area is 425 Å². The maximum atomic E-state index is 11.9. The van der Waals surface area contributed by atoms with E-state index in [2.05, 4.69) is 132 Å². The van der Waals surface area contributed by atoms with E-state index in [-0.39, 0.29) is 25.7 Å². The van der Waals surface area contributed by atoms with Gasteiger partial charge in [0.15, 0.2) is 0 Å². The lowest BCUT2D eigenvalue weighted by Crippen LogP contribution is -2.15. The molecule has 0 spiro atoms. The van der Waals surface area contributed by atoms with Gasteiger partial charge in [-0.1, -0.05) is 276 Å². The summed E-state index contributed by atoms with van der Waals surface area (Å²) in [5, 5.41) is 0. The first-order valence-electron chi connectivity index (χ1n) is 27.6. The zero-order chi connectivity index (χ0) is 58.0. The molecule has 0 heterocycles. The predicted molar refractivity (Wildman–Crippen MR) is 297 cm³/mol. The van der Waals surface area contributed by atoms with Gasteiger partial charge in [-0.2, -0.15) is 13.2 Å². The Morgan fingerprint density at radius 1 is 0.324 bits per heavy atom. The molecule has 10 heteroatoms. The molecule has 0 aromatic rings. The summed E-state index contributed by atoms with van der Waals surface area (Å²) in [4.78, 5) is 0. The van der Waals surface area contributed by atoms with Crippen molar-refractivity contribution in [2.24, 2.45) is 23.7 Å². The Balaban J connectivity index is -0.0000000441. The summed E-state index contributed by atoms with van der Waals surface area (Å²) in [7, 11) is 0. The lowest BCUT2D eigenvalue weighted by Gasteiger charge is -2.08. The van der Waals surface area contributed by atoms with E-state index in [1.165, 1.54) is 90.9 Å². The van der Waals surface area contributed by atoms with Gasteiger partial charge in [0.25, 0.3) is 0 Å². The largest absolute Gasteiger partial charge is 0.391 e. The highest BCUT2D eigenvalue weighted by Crippen LogP contribution is 2.24. The normalized spacial score (nSPS) is 10.5. The number of rotatable bonds is 15. The van der Waals surface area contributed by atoms with Crippen LogP contribution in [-0.2, 0) is 0 Å². The van der Waals surface area contributed by atoms with Gasteiger partial charge in [-0.05, 0) is 44.9 Å². The number of unbranched alkanes of at least 4 members (excludes halogenated alkanes) is 7. The second kappa shape index (κ2) is 83.2. The second-order valence-electron chi connectivity index (χ2n) is 19.4. The van der Waals surface area contributed by atoms with Crippen LogP contribution in [0.25, 0.3) is 0 Å². The molecule has 0 aliphatic heterocycles. The minimum atomic E-state index is -4.00. The molecule has 0 fully saturated rings. The van der Waals surface area contributed by atoms with Crippen molar-refractivity contribution in [2.45, 2.75) is 359 Å². The fraction of sp³-hybridized carbons (Fsp3) is 1.00. The average molecular weight is 1020 g/mol. The summed E-state index contributed by atoms with van der Waals surface area (Å²) in [5.74, 6) is -6.02. The van der Waals surface area contributed by atoms with Crippen LogP contribution in [0.15, 0.2) is 0 Å². The number of hydrogen-bond donors (Lipinski definition) is 0. The molecule has 0 aromatic carbocycles. The van der Waals surface area contributed by atoms with Gasteiger partial charge in [0, 0.05) is 31.6 Å². The quantitative estimate of drug-likeness (QED) is 0.143. The molecule has 0 nitrogen and oxygen atoms in total. The van der Waals surface area contributed by atoms with Crippen molar-refractivity contribution in [1.82, 2.24) is 0 Å². The van der Waals surface area contributed by atoms with E-state index >= 15 is 0 Å². The van der Waals surface area contributed by atoms with Gasteiger partial charge in [-0.3, -0.25) is 0 Å². The highest BCUT2D eigenvalue weighted by Gasteiger charge is 2.31. The highest BCUT2D eigenvalue weighted by molar-refractivity contribution is 4.58. The van der Waals surface area contributed by atoms with E-state index in [0.717, 1.165) is 51.9 Å². The molecule has 68 heavy (non-hydrogen) atoms. The third-order valence-corrected chi connectivity index (χ3v) is 6.37. The smallest absolute Gasteiger partial charge is 0.248 e. The maximum Gasteiger partial charge on any atom is 0.391 e. The molecule has 0 aliphatic rings. The summed E-state index contributed by atoms with van der Waals surface area (Å²) < 4.78 is 116. The van der Waals surface area contributed by atoms with Crippen molar-refractivity contribution in [2.75, 3.05) is 0 Å². The van der Waals surface area contributed by atoms with Crippen LogP contribution in [0.4, 0.5) is 43.9 Å². The van der Waals surface area contributed by atoms with E-state index in [4.69, 9.17) is 0 Å². The van der Waals surface area contributed by atoms with Crippen LogP contribution in [0.1, 0.15) is 329 Å². The van der Waals surface area contributed by atoms with Gasteiger partial charge >= 0.3 is 6.18 Å². The van der Waals surface area contributed by atoms with Crippen LogP contribution in [0, 0.1) is 23.7 Å². The molecule has 0 saturated carbocycles.